The molecule has 0 atom stereocenters. The van der Waals surface area contributed by atoms with Crippen molar-refractivity contribution in [3.8, 4) is 0 Å². The maximum absolute atomic E-state index is 11.9. The molecule has 8 heteroatoms. The Hall–Kier alpha value is -0.340. The van der Waals surface area contributed by atoms with E-state index in [1.165, 1.54) is 70.6 Å². The van der Waals surface area contributed by atoms with Crippen LogP contribution in [-0.2, 0) is 4.79 Å². The van der Waals surface area contributed by atoms with Crippen LogP contribution in [0, 0.1) is 9.54 Å². The number of anilines is 1. The van der Waals surface area contributed by atoms with Crippen molar-refractivity contribution in [1.29, 1.82) is 0 Å². The first-order valence-corrected chi connectivity index (χ1v) is 11.6. The van der Waals surface area contributed by atoms with Crippen LogP contribution >= 0.6 is 24.4 Å². The van der Waals surface area contributed by atoms with Crippen molar-refractivity contribution in [2.45, 2.75) is 96.8 Å². The average Bonchev–Trinajstić information content (AvgIpc) is 2.64. The van der Waals surface area contributed by atoms with Crippen molar-refractivity contribution in [2.24, 2.45) is 0 Å². The van der Waals surface area contributed by atoms with Gasteiger partial charge in [0.1, 0.15) is 0 Å². The maximum atomic E-state index is 11.9. The minimum absolute atomic E-state index is 0. The summed E-state index contributed by atoms with van der Waals surface area (Å²) < 4.78 is 0.622. The number of hydrogen-bond donors (Lipinski definition) is 3. The van der Waals surface area contributed by atoms with Crippen LogP contribution in [0.25, 0.3) is 0 Å². The van der Waals surface area contributed by atoms with Gasteiger partial charge in [-0.1, -0.05) is 70.4 Å². The minimum Gasteiger partial charge on any atom is -1.00 e. The molecule has 0 saturated carbocycles. The zero-order chi connectivity index (χ0) is 20.5. The van der Waals surface area contributed by atoms with Gasteiger partial charge < -0.3 is 11.4 Å². The Balaban J connectivity index is 0. The summed E-state index contributed by atoms with van der Waals surface area (Å²) in [7, 11) is 0. The number of carbonyl (C=O) groups is 1. The molecule has 160 valence electrons. The third kappa shape index (κ3) is 17.1. The van der Waals surface area contributed by atoms with Gasteiger partial charge >= 0.3 is 29.6 Å². The second-order valence-corrected chi connectivity index (χ2v) is 8.02. The molecule has 0 fully saturated rings. The number of unbranched alkanes of at least 4 members (excludes halogenated alkanes) is 11. The molecule has 0 aliphatic carbocycles. The van der Waals surface area contributed by atoms with Crippen molar-refractivity contribution in [1.82, 2.24) is 15.0 Å². The fourth-order valence-electron chi connectivity index (χ4n) is 3.00. The van der Waals surface area contributed by atoms with E-state index in [0.29, 0.717) is 17.1 Å². The third-order valence-corrected chi connectivity index (χ3v) is 4.99. The summed E-state index contributed by atoms with van der Waals surface area (Å²) in [5.74, 6) is 0.253. The molecule has 29 heavy (non-hydrogen) atoms. The van der Waals surface area contributed by atoms with E-state index in [-0.39, 0.29) is 41.7 Å². The van der Waals surface area contributed by atoms with Crippen molar-refractivity contribution in [2.75, 3.05) is 5.32 Å². The number of aromatic nitrogens is 3. The van der Waals surface area contributed by atoms with Gasteiger partial charge in [-0.3, -0.25) is 10.1 Å². The van der Waals surface area contributed by atoms with E-state index >= 15 is 0 Å². The van der Waals surface area contributed by atoms with Gasteiger partial charge in [-0.15, -0.1) is 0 Å². The van der Waals surface area contributed by atoms with Gasteiger partial charge in [0.25, 0.3) is 0 Å². The van der Waals surface area contributed by atoms with E-state index < -0.39 is 0 Å². The van der Waals surface area contributed by atoms with E-state index in [1.54, 1.807) is 0 Å². The summed E-state index contributed by atoms with van der Waals surface area (Å²) in [5, 5.41) is 2.71. The summed E-state index contributed by atoms with van der Waals surface area (Å²) in [6.45, 7) is 2.26. The van der Waals surface area contributed by atoms with Crippen LogP contribution in [0.4, 0.5) is 5.95 Å². The predicted octanol–water partition coefficient (Wildman–Crippen LogP) is 4.29. The third-order valence-electron chi connectivity index (χ3n) is 4.59. The number of carbonyl (C=O) groups excluding carboxylic acids is 1. The Morgan fingerprint density at radius 1 is 0.931 bits per heavy atom. The van der Waals surface area contributed by atoms with Crippen molar-refractivity contribution in [3.05, 3.63) is 21.7 Å². The van der Waals surface area contributed by atoms with E-state index in [0.717, 1.165) is 12.8 Å². The summed E-state index contributed by atoms with van der Waals surface area (Å²) in [6.07, 6.45) is 21.4. The summed E-state index contributed by atoms with van der Waals surface area (Å²) in [5.41, 5.74) is 0. The molecule has 0 saturated heterocycles. The Morgan fingerprint density at radius 3 is 2.07 bits per heavy atom. The molecule has 0 aliphatic heterocycles. The predicted molar refractivity (Wildman–Crippen MR) is 124 cm³/mol. The van der Waals surface area contributed by atoms with Gasteiger partial charge in [-0.25, -0.2) is 0 Å². The Bertz CT molecular complexity index is 666. The Kier molecular flexibility index (Phi) is 19.4. The first kappa shape index (κ1) is 28.7. The quantitative estimate of drug-likeness (QED) is 0.153. The molecular weight excluding hydrogens is 411 g/mol. The van der Waals surface area contributed by atoms with Gasteiger partial charge in [0, 0.05) is 6.42 Å². The largest absolute Gasteiger partial charge is 1.00 e. The molecule has 3 N–H and O–H groups in total. The standard InChI is InChI=1S/C21H36N4OS2.Na.H/c1-2-3-4-5-6-7-8-9-10-11-12-13-14-15-16-17-18(26)22-19-23-20(27)25-21(28)24-19;;/h9-10H,2-8,11-17H2,1H3,(H3,22,23,24,25,26,27,28);;/q;+1;-1. The fourth-order valence-corrected chi connectivity index (χ4v) is 3.45. The average molecular weight is 449 g/mol. The van der Waals surface area contributed by atoms with Crippen LogP contribution < -0.4 is 34.9 Å². The smallest absolute Gasteiger partial charge is 1.00 e. The Morgan fingerprint density at radius 2 is 1.48 bits per heavy atom. The molecule has 5 nitrogen and oxygen atoms in total. The zero-order valence-corrected chi connectivity index (χ0v) is 21.9. The number of rotatable bonds is 16. The zero-order valence-electron chi connectivity index (χ0n) is 19.2. The second kappa shape index (κ2) is 19.6. The van der Waals surface area contributed by atoms with E-state index in [4.69, 9.17) is 24.4 Å². The molecule has 1 rings (SSSR count). The maximum Gasteiger partial charge on any atom is 1.00 e. The first-order valence-electron chi connectivity index (χ1n) is 10.8. The number of H-pyrrole nitrogens is 2. The van der Waals surface area contributed by atoms with Gasteiger partial charge in [-0.2, -0.15) is 4.98 Å². The molecule has 0 bridgehead atoms. The first-order chi connectivity index (χ1) is 13.6. The van der Waals surface area contributed by atoms with Crippen molar-refractivity contribution < 1.29 is 35.8 Å². The molecule has 0 aromatic carbocycles. The molecule has 0 aliphatic rings. The van der Waals surface area contributed by atoms with Gasteiger partial charge in [-0.05, 0) is 56.5 Å². The van der Waals surface area contributed by atoms with Gasteiger partial charge in [0.2, 0.25) is 16.6 Å². The molecule has 0 spiro atoms. The van der Waals surface area contributed by atoms with Gasteiger partial charge in [0.15, 0.2) is 4.77 Å². The van der Waals surface area contributed by atoms with E-state index in [1.807, 2.05) is 0 Å². The number of amides is 1. The van der Waals surface area contributed by atoms with Crippen LogP contribution in [0.2, 0.25) is 0 Å². The molecule has 1 aromatic rings. The van der Waals surface area contributed by atoms with Crippen LogP contribution in [0.5, 0.6) is 0 Å². The van der Waals surface area contributed by atoms with E-state index in [9.17, 15) is 4.79 Å². The molecular formula is C21H37N4NaOS2. The van der Waals surface area contributed by atoms with Crippen molar-refractivity contribution >= 4 is 36.3 Å². The molecule has 1 aromatic heterocycles. The van der Waals surface area contributed by atoms with Crippen LogP contribution in [0.1, 0.15) is 98.2 Å². The van der Waals surface area contributed by atoms with E-state index in [2.05, 4.69) is 39.3 Å². The minimum atomic E-state index is -0.0589. The summed E-state index contributed by atoms with van der Waals surface area (Å²) in [6, 6.07) is 0. The number of aromatic amines is 2. The molecule has 0 unspecified atom stereocenters. The number of allylic oxidation sites excluding steroid dienone is 2. The Labute approximate surface area is 209 Å². The summed E-state index contributed by atoms with van der Waals surface area (Å²) >= 11 is 9.91. The van der Waals surface area contributed by atoms with Crippen molar-refractivity contribution in [3.63, 3.8) is 0 Å². The fraction of sp³-hybridized carbons (Fsp3) is 0.714. The van der Waals surface area contributed by atoms with Crippen LogP contribution in [0.3, 0.4) is 0 Å². The number of nitrogens with zero attached hydrogens (tertiary/aromatic N) is 1. The second-order valence-electron chi connectivity index (χ2n) is 7.23. The number of nitrogens with one attached hydrogen (secondary N) is 3. The summed E-state index contributed by atoms with van der Waals surface area (Å²) in [4.78, 5) is 21.4. The molecule has 1 heterocycles. The normalized spacial score (nSPS) is 10.8. The molecule has 0 radical (unpaired) electrons. The van der Waals surface area contributed by atoms with Crippen LogP contribution in [0.15, 0.2) is 12.2 Å². The number of hydrogen-bond acceptors (Lipinski definition) is 4. The SMILES string of the molecule is CCCCCCCCC=CCCCCCCCC(=O)Nc1nc(=S)[nH]c(=S)[nH]1.[H-].[Na+]. The monoisotopic (exact) mass is 448 g/mol. The van der Waals surface area contributed by atoms with Gasteiger partial charge in [0.05, 0.1) is 0 Å². The topological polar surface area (TPSA) is 73.6 Å². The molecule has 1 amide bonds. The van der Waals surface area contributed by atoms with Crippen LogP contribution in [-0.4, -0.2) is 20.9 Å².